The van der Waals surface area contributed by atoms with Crippen LogP contribution in [-0.2, 0) is 14.3 Å². The Morgan fingerprint density at radius 3 is 2.80 bits per heavy atom. The Bertz CT molecular complexity index is 250. The largest absolute Gasteiger partial charge is 0.480 e. The van der Waals surface area contributed by atoms with E-state index in [2.05, 4.69) is 5.32 Å². The second-order valence-electron chi connectivity index (χ2n) is 3.35. The van der Waals surface area contributed by atoms with E-state index in [4.69, 9.17) is 9.84 Å². The van der Waals surface area contributed by atoms with E-state index in [0.29, 0.717) is 18.8 Å². The summed E-state index contributed by atoms with van der Waals surface area (Å²) in [6.45, 7) is 1.99. The fraction of sp³-hybridized carbons (Fsp3) is 0.778. The summed E-state index contributed by atoms with van der Waals surface area (Å²) in [4.78, 5) is 22.1. The molecule has 1 unspecified atom stereocenters. The molecule has 0 amide bonds. The molecule has 1 rings (SSSR count). The molecule has 86 valence electrons. The summed E-state index contributed by atoms with van der Waals surface area (Å²) in [5.74, 6) is 0.0102. The fourth-order valence-corrected chi connectivity index (χ4v) is 2.76. The lowest BCUT2D eigenvalue weighted by molar-refractivity contribution is -0.146. The molecule has 0 aromatic rings. The molecule has 1 aliphatic heterocycles. The first-order valence-corrected chi connectivity index (χ1v) is 5.98. The number of ether oxygens (including phenoxy) is 1. The minimum absolute atomic E-state index is 0.0410. The van der Waals surface area contributed by atoms with Gasteiger partial charge in [0.1, 0.15) is 5.54 Å². The highest BCUT2D eigenvalue weighted by molar-refractivity contribution is 7.99. The van der Waals surface area contributed by atoms with Crippen LogP contribution < -0.4 is 5.32 Å². The Morgan fingerprint density at radius 1 is 1.60 bits per heavy atom. The van der Waals surface area contributed by atoms with E-state index >= 15 is 0 Å². The summed E-state index contributed by atoms with van der Waals surface area (Å²) >= 11 is 1.58. The number of rotatable bonds is 5. The molecule has 0 saturated carbocycles. The molecule has 0 aromatic carbocycles. The van der Waals surface area contributed by atoms with E-state index in [1.807, 2.05) is 0 Å². The zero-order valence-electron chi connectivity index (χ0n) is 8.62. The molecule has 0 bridgehead atoms. The van der Waals surface area contributed by atoms with E-state index in [1.54, 1.807) is 18.7 Å². The topological polar surface area (TPSA) is 75.6 Å². The third-order valence-corrected chi connectivity index (χ3v) is 3.50. The minimum atomic E-state index is -0.947. The van der Waals surface area contributed by atoms with Crippen molar-refractivity contribution in [3.63, 3.8) is 0 Å². The quantitative estimate of drug-likeness (QED) is 0.656. The van der Waals surface area contributed by atoms with E-state index in [0.717, 1.165) is 5.75 Å². The summed E-state index contributed by atoms with van der Waals surface area (Å²) in [6, 6.07) is 0. The van der Waals surface area contributed by atoms with Gasteiger partial charge in [0.15, 0.2) is 0 Å². The fourth-order valence-electron chi connectivity index (χ4n) is 1.40. The Labute approximate surface area is 92.6 Å². The van der Waals surface area contributed by atoms with Gasteiger partial charge in [-0.05, 0) is 19.1 Å². The van der Waals surface area contributed by atoms with Gasteiger partial charge in [0.2, 0.25) is 0 Å². The summed E-state index contributed by atoms with van der Waals surface area (Å²) in [5, 5.41) is 11.9. The van der Waals surface area contributed by atoms with Crippen molar-refractivity contribution in [1.82, 2.24) is 5.32 Å². The van der Waals surface area contributed by atoms with E-state index in [9.17, 15) is 9.59 Å². The van der Waals surface area contributed by atoms with Crippen LogP contribution >= 0.6 is 11.8 Å². The van der Waals surface area contributed by atoms with E-state index in [-0.39, 0.29) is 6.54 Å². The number of hydrogen-bond acceptors (Lipinski definition) is 5. The number of carbonyl (C=O) groups excluding carboxylic acids is 1. The first kappa shape index (κ1) is 12.3. The maximum Gasteiger partial charge on any atom is 0.324 e. The summed E-state index contributed by atoms with van der Waals surface area (Å²) < 4.78 is 4.73. The van der Waals surface area contributed by atoms with Crippen LogP contribution in [0, 0.1) is 0 Å². The van der Waals surface area contributed by atoms with Gasteiger partial charge in [-0.3, -0.25) is 14.9 Å². The lowest BCUT2D eigenvalue weighted by atomic mass is 9.99. The Morgan fingerprint density at radius 2 is 2.33 bits per heavy atom. The Hall–Kier alpha value is -0.750. The molecule has 0 aliphatic carbocycles. The van der Waals surface area contributed by atoms with Gasteiger partial charge in [0.05, 0.1) is 13.2 Å². The van der Waals surface area contributed by atoms with Crippen molar-refractivity contribution < 1.29 is 19.4 Å². The summed E-state index contributed by atoms with van der Waals surface area (Å²) in [5.41, 5.74) is -0.947. The molecule has 1 fully saturated rings. The first-order valence-electron chi connectivity index (χ1n) is 4.82. The molecule has 0 radical (unpaired) electrons. The van der Waals surface area contributed by atoms with Crippen LogP contribution in [0.2, 0.25) is 0 Å². The van der Waals surface area contributed by atoms with Crippen LogP contribution in [0.15, 0.2) is 0 Å². The van der Waals surface area contributed by atoms with Gasteiger partial charge >= 0.3 is 11.9 Å². The highest BCUT2D eigenvalue weighted by Crippen LogP contribution is 2.27. The smallest absolute Gasteiger partial charge is 0.324 e. The predicted molar refractivity (Wildman–Crippen MR) is 56.9 cm³/mol. The molecule has 0 aromatic heterocycles. The number of hydrogen-bond donors (Lipinski definition) is 2. The first-order chi connectivity index (χ1) is 7.10. The number of carboxylic acid groups (broad SMARTS) is 1. The lowest BCUT2D eigenvalue weighted by Crippen LogP contribution is -2.54. The highest BCUT2D eigenvalue weighted by Gasteiger charge is 2.41. The third-order valence-electron chi connectivity index (χ3n) is 2.31. The third kappa shape index (κ3) is 3.10. The van der Waals surface area contributed by atoms with Crippen molar-refractivity contribution in [2.45, 2.75) is 18.9 Å². The second-order valence-corrected chi connectivity index (χ2v) is 4.45. The predicted octanol–water partition coefficient (Wildman–Crippen LogP) is 0.0994. The van der Waals surface area contributed by atoms with Gasteiger partial charge in [-0.25, -0.2) is 0 Å². The molecule has 6 heteroatoms. The number of thioether (sulfide) groups is 1. The van der Waals surface area contributed by atoms with Crippen LogP contribution in [-0.4, -0.2) is 47.2 Å². The zero-order chi connectivity index (χ0) is 11.3. The van der Waals surface area contributed by atoms with Crippen LogP contribution in [0.1, 0.15) is 13.3 Å². The molecule has 1 heterocycles. The molecule has 1 saturated heterocycles. The molecular weight excluding hydrogens is 218 g/mol. The van der Waals surface area contributed by atoms with Crippen LogP contribution in [0.3, 0.4) is 0 Å². The average molecular weight is 233 g/mol. The zero-order valence-corrected chi connectivity index (χ0v) is 9.43. The monoisotopic (exact) mass is 233 g/mol. The van der Waals surface area contributed by atoms with Crippen molar-refractivity contribution in [2.24, 2.45) is 0 Å². The van der Waals surface area contributed by atoms with Crippen molar-refractivity contribution in [3.05, 3.63) is 0 Å². The van der Waals surface area contributed by atoms with Crippen LogP contribution in [0.4, 0.5) is 0 Å². The Balaban J connectivity index is 2.46. The van der Waals surface area contributed by atoms with Gasteiger partial charge in [-0.2, -0.15) is 11.8 Å². The second kappa shape index (κ2) is 5.37. The van der Waals surface area contributed by atoms with Crippen LogP contribution in [0.25, 0.3) is 0 Å². The SMILES string of the molecule is CCOC(=O)CNC1(C(=O)O)CCSC1. The molecule has 1 aliphatic rings. The van der Waals surface area contributed by atoms with Gasteiger partial charge in [-0.15, -0.1) is 0 Å². The van der Waals surface area contributed by atoms with Gasteiger partial charge < -0.3 is 9.84 Å². The van der Waals surface area contributed by atoms with E-state index in [1.165, 1.54) is 0 Å². The molecule has 1 atom stereocenters. The van der Waals surface area contributed by atoms with Crippen molar-refractivity contribution in [2.75, 3.05) is 24.7 Å². The molecule has 0 spiro atoms. The molecular formula is C9H15NO4S. The van der Waals surface area contributed by atoms with Gasteiger partial charge in [0.25, 0.3) is 0 Å². The minimum Gasteiger partial charge on any atom is -0.480 e. The summed E-state index contributed by atoms with van der Waals surface area (Å²) in [6.07, 6.45) is 0.548. The van der Waals surface area contributed by atoms with Crippen molar-refractivity contribution in [3.8, 4) is 0 Å². The van der Waals surface area contributed by atoms with Crippen molar-refractivity contribution in [1.29, 1.82) is 0 Å². The number of esters is 1. The van der Waals surface area contributed by atoms with E-state index < -0.39 is 17.5 Å². The molecule has 15 heavy (non-hydrogen) atoms. The number of carboxylic acids is 1. The van der Waals surface area contributed by atoms with Gasteiger partial charge in [-0.1, -0.05) is 0 Å². The summed E-state index contributed by atoms with van der Waals surface area (Å²) in [7, 11) is 0. The van der Waals surface area contributed by atoms with Gasteiger partial charge in [0, 0.05) is 5.75 Å². The Kier molecular flexibility index (Phi) is 4.41. The number of carbonyl (C=O) groups is 2. The number of nitrogens with one attached hydrogen (secondary N) is 1. The normalized spacial score (nSPS) is 25.1. The number of aliphatic carboxylic acids is 1. The van der Waals surface area contributed by atoms with Crippen LogP contribution in [0.5, 0.6) is 0 Å². The maximum atomic E-state index is 11.1. The van der Waals surface area contributed by atoms with Crippen molar-refractivity contribution >= 4 is 23.7 Å². The lowest BCUT2D eigenvalue weighted by Gasteiger charge is -2.23. The standard InChI is InChI=1S/C9H15NO4S/c1-2-14-7(11)5-10-9(8(12)13)3-4-15-6-9/h10H,2-6H2,1H3,(H,12,13). The average Bonchev–Trinajstić information content (AvgIpc) is 2.65. The maximum absolute atomic E-state index is 11.1. The molecule has 5 nitrogen and oxygen atoms in total. The highest BCUT2D eigenvalue weighted by atomic mass is 32.2. The molecule has 2 N–H and O–H groups in total.